The molecule has 1 atom stereocenters. The molecule has 1 aromatic heterocycles. The van der Waals surface area contributed by atoms with Crippen molar-refractivity contribution in [1.82, 2.24) is 15.1 Å². The highest BCUT2D eigenvalue weighted by Gasteiger charge is 2.13. The quantitative estimate of drug-likeness (QED) is 0.886. The lowest BCUT2D eigenvalue weighted by atomic mass is 10.00. The summed E-state index contributed by atoms with van der Waals surface area (Å²) in [5, 5.41) is 8.01. The number of hydrogen-bond donors (Lipinski definition) is 1. The Labute approximate surface area is 127 Å². The third-order valence-electron chi connectivity index (χ3n) is 3.78. The van der Waals surface area contributed by atoms with Crippen LogP contribution >= 0.6 is 0 Å². The van der Waals surface area contributed by atoms with Gasteiger partial charge in [0.05, 0.1) is 12.8 Å². The van der Waals surface area contributed by atoms with E-state index in [1.165, 1.54) is 5.56 Å². The van der Waals surface area contributed by atoms with Crippen molar-refractivity contribution in [3.63, 3.8) is 0 Å². The number of nitrogens with zero attached hydrogens (tertiary/aromatic N) is 2. The van der Waals surface area contributed by atoms with Crippen LogP contribution in [0.4, 0.5) is 0 Å². The van der Waals surface area contributed by atoms with Gasteiger partial charge in [-0.1, -0.05) is 12.1 Å². The number of methoxy groups -OCH3 is 1. The van der Waals surface area contributed by atoms with Gasteiger partial charge in [-0.15, -0.1) is 0 Å². The van der Waals surface area contributed by atoms with E-state index in [9.17, 15) is 0 Å². The van der Waals surface area contributed by atoms with Crippen molar-refractivity contribution in [2.24, 2.45) is 0 Å². The van der Waals surface area contributed by atoms with E-state index in [0.717, 1.165) is 23.4 Å². The van der Waals surface area contributed by atoms with Gasteiger partial charge in [-0.2, -0.15) is 5.10 Å². The van der Waals surface area contributed by atoms with Gasteiger partial charge in [0, 0.05) is 24.7 Å². The largest absolute Gasteiger partial charge is 0.496 e. The number of ether oxygens (including phenoxy) is 1. The molecule has 21 heavy (non-hydrogen) atoms. The molecule has 2 aromatic rings. The molecule has 1 unspecified atom stereocenters. The molecular weight excluding hydrogens is 262 g/mol. The Morgan fingerprint density at radius 2 is 2.05 bits per heavy atom. The van der Waals surface area contributed by atoms with Crippen molar-refractivity contribution in [2.45, 2.75) is 39.3 Å². The van der Waals surface area contributed by atoms with Crippen LogP contribution in [0.25, 0.3) is 0 Å². The topological polar surface area (TPSA) is 39.1 Å². The highest BCUT2D eigenvalue weighted by molar-refractivity contribution is 5.37. The van der Waals surface area contributed by atoms with Crippen molar-refractivity contribution in [2.75, 3.05) is 14.2 Å². The predicted octanol–water partition coefficient (Wildman–Crippen LogP) is 3.28. The maximum Gasteiger partial charge on any atom is 0.121 e. The Balaban J connectivity index is 2.17. The van der Waals surface area contributed by atoms with E-state index in [1.807, 2.05) is 24.0 Å². The molecule has 0 saturated heterocycles. The molecule has 0 radical (unpaired) electrons. The molecule has 4 heteroatoms. The lowest BCUT2D eigenvalue weighted by Crippen LogP contribution is -2.19. The van der Waals surface area contributed by atoms with E-state index in [-0.39, 0.29) is 6.04 Å². The molecule has 114 valence electrons. The zero-order chi connectivity index (χ0) is 15.4. The maximum atomic E-state index is 5.33. The molecule has 0 bridgehead atoms. The van der Waals surface area contributed by atoms with Gasteiger partial charge in [0.1, 0.15) is 5.75 Å². The van der Waals surface area contributed by atoms with Gasteiger partial charge >= 0.3 is 0 Å². The summed E-state index contributed by atoms with van der Waals surface area (Å²) in [4.78, 5) is 0. The highest BCUT2D eigenvalue weighted by Crippen LogP contribution is 2.24. The van der Waals surface area contributed by atoms with Crippen LogP contribution in [-0.4, -0.2) is 23.9 Å². The number of hydrogen-bond acceptors (Lipinski definition) is 3. The number of likely N-dealkylation sites (N-methyl/N-ethyl adjacent to an activating group) is 1. The van der Waals surface area contributed by atoms with Crippen LogP contribution in [0.3, 0.4) is 0 Å². The Bertz CT molecular complexity index is 589. The van der Waals surface area contributed by atoms with Crippen molar-refractivity contribution >= 4 is 0 Å². The van der Waals surface area contributed by atoms with Crippen LogP contribution in [0.1, 0.15) is 42.8 Å². The van der Waals surface area contributed by atoms with Gasteiger partial charge < -0.3 is 10.1 Å². The van der Waals surface area contributed by atoms with E-state index < -0.39 is 0 Å². The molecule has 0 fully saturated rings. The van der Waals surface area contributed by atoms with Gasteiger partial charge in [0.25, 0.3) is 0 Å². The number of benzene rings is 1. The van der Waals surface area contributed by atoms with Gasteiger partial charge in [0.15, 0.2) is 0 Å². The number of aromatic nitrogens is 2. The molecule has 1 heterocycles. The van der Waals surface area contributed by atoms with Gasteiger partial charge in [0.2, 0.25) is 0 Å². The first kappa shape index (κ1) is 15.6. The summed E-state index contributed by atoms with van der Waals surface area (Å²) >= 11 is 0. The monoisotopic (exact) mass is 287 g/mol. The molecular formula is C17H25N3O. The van der Waals surface area contributed by atoms with E-state index in [2.05, 4.69) is 49.4 Å². The first-order valence-corrected chi connectivity index (χ1v) is 7.41. The highest BCUT2D eigenvalue weighted by atomic mass is 16.5. The lowest BCUT2D eigenvalue weighted by Gasteiger charge is -2.17. The summed E-state index contributed by atoms with van der Waals surface area (Å²) in [6.07, 6.45) is 2.92. The van der Waals surface area contributed by atoms with E-state index in [1.54, 1.807) is 7.11 Å². The molecule has 0 aliphatic carbocycles. The maximum absolute atomic E-state index is 5.33. The molecule has 1 aromatic carbocycles. The summed E-state index contributed by atoms with van der Waals surface area (Å²) in [7, 11) is 3.69. The van der Waals surface area contributed by atoms with Crippen LogP contribution in [0.15, 0.2) is 30.5 Å². The van der Waals surface area contributed by atoms with E-state index in [0.29, 0.717) is 6.04 Å². The second-order valence-corrected chi connectivity index (χ2v) is 5.66. The Morgan fingerprint density at radius 1 is 1.29 bits per heavy atom. The Hall–Kier alpha value is -1.81. The minimum absolute atomic E-state index is 0.255. The minimum atomic E-state index is 0.255. The van der Waals surface area contributed by atoms with Crippen molar-refractivity contribution in [3.8, 4) is 5.75 Å². The van der Waals surface area contributed by atoms with Crippen molar-refractivity contribution in [3.05, 3.63) is 47.3 Å². The average Bonchev–Trinajstić information content (AvgIpc) is 2.93. The second kappa shape index (κ2) is 6.76. The van der Waals surface area contributed by atoms with Crippen LogP contribution in [0, 0.1) is 6.92 Å². The fourth-order valence-electron chi connectivity index (χ4n) is 2.49. The first-order chi connectivity index (χ1) is 10.0. The smallest absolute Gasteiger partial charge is 0.121 e. The van der Waals surface area contributed by atoms with E-state index in [4.69, 9.17) is 4.74 Å². The summed E-state index contributed by atoms with van der Waals surface area (Å²) in [6.45, 7) is 6.35. The third kappa shape index (κ3) is 3.64. The molecule has 4 nitrogen and oxygen atoms in total. The zero-order valence-corrected chi connectivity index (χ0v) is 13.6. The van der Waals surface area contributed by atoms with Crippen LogP contribution < -0.4 is 10.1 Å². The van der Waals surface area contributed by atoms with E-state index >= 15 is 0 Å². The average molecular weight is 287 g/mol. The third-order valence-corrected chi connectivity index (χ3v) is 3.78. The molecule has 0 aliphatic heterocycles. The van der Waals surface area contributed by atoms with Gasteiger partial charge in [-0.3, -0.25) is 4.68 Å². The zero-order valence-electron chi connectivity index (χ0n) is 13.6. The van der Waals surface area contributed by atoms with Crippen LogP contribution in [0.2, 0.25) is 0 Å². The second-order valence-electron chi connectivity index (χ2n) is 5.66. The van der Waals surface area contributed by atoms with Crippen LogP contribution in [-0.2, 0) is 6.42 Å². The summed E-state index contributed by atoms with van der Waals surface area (Å²) in [5.41, 5.74) is 3.52. The molecule has 1 N–H and O–H groups in total. The number of nitrogens with one attached hydrogen (secondary N) is 1. The lowest BCUT2D eigenvalue weighted by molar-refractivity contribution is 0.411. The predicted molar refractivity (Wildman–Crippen MR) is 85.8 cm³/mol. The number of aryl methyl sites for hydroxylation is 1. The van der Waals surface area contributed by atoms with Gasteiger partial charge in [-0.25, -0.2) is 0 Å². The van der Waals surface area contributed by atoms with Crippen LogP contribution in [0.5, 0.6) is 5.75 Å². The molecule has 0 spiro atoms. The van der Waals surface area contributed by atoms with Gasteiger partial charge in [-0.05, 0) is 51.1 Å². The molecule has 0 aliphatic rings. The standard InChI is InChI=1S/C17H25N3O/c1-12(2)20-9-8-15(19-20)11-16(18-4)14-6-7-17(21-5)13(3)10-14/h6-10,12,16,18H,11H2,1-5H3. The Kier molecular flexibility index (Phi) is 5.02. The summed E-state index contributed by atoms with van der Waals surface area (Å²) in [6, 6.07) is 9.08. The fraction of sp³-hybridized carbons (Fsp3) is 0.471. The van der Waals surface area contributed by atoms with Crippen molar-refractivity contribution < 1.29 is 4.74 Å². The molecule has 0 amide bonds. The Morgan fingerprint density at radius 3 is 2.57 bits per heavy atom. The summed E-state index contributed by atoms with van der Waals surface area (Å²) in [5.74, 6) is 0.928. The SMILES string of the molecule is CNC(Cc1ccn(C(C)C)n1)c1ccc(OC)c(C)c1. The first-order valence-electron chi connectivity index (χ1n) is 7.41. The van der Waals surface area contributed by atoms with Crippen molar-refractivity contribution in [1.29, 1.82) is 0 Å². The fourth-order valence-corrected chi connectivity index (χ4v) is 2.49. The minimum Gasteiger partial charge on any atom is -0.496 e. The molecule has 2 rings (SSSR count). The normalized spacial score (nSPS) is 12.7. The number of rotatable bonds is 6. The molecule has 0 saturated carbocycles. The summed E-state index contributed by atoms with van der Waals surface area (Å²) < 4.78 is 7.33.